The minimum absolute atomic E-state index is 0.00524. The van der Waals surface area contributed by atoms with E-state index in [0.29, 0.717) is 12.2 Å². The number of ketones is 2. The summed E-state index contributed by atoms with van der Waals surface area (Å²) in [7, 11) is 0. The Morgan fingerprint density at radius 3 is 2.24 bits per heavy atom. The minimum atomic E-state index is -0.418. The van der Waals surface area contributed by atoms with Crippen LogP contribution in [-0.4, -0.2) is 17.7 Å². The molecule has 0 fully saturated rings. The monoisotopic (exact) mass is 234 g/mol. The Labute approximate surface area is 102 Å². The predicted octanol–water partition coefficient (Wildman–Crippen LogP) is 2.56. The van der Waals surface area contributed by atoms with Gasteiger partial charge in [0.05, 0.1) is 0 Å². The molecule has 0 heterocycles. The van der Waals surface area contributed by atoms with E-state index in [1.54, 1.807) is 13.8 Å². The highest BCUT2D eigenvalue weighted by Crippen LogP contribution is 2.15. The summed E-state index contributed by atoms with van der Waals surface area (Å²) < 4.78 is 5.44. The molecule has 0 amide bonds. The molecule has 1 aromatic carbocycles. The summed E-state index contributed by atoms with van der Waals surface area (Å²) in [6.45, 7) is 4.82. The first kappa shape index (κ1) is 13.4. The van der Waals surface area contributed by atoms with Gasteiger partial charge >= 0.3 is 0 Å². The molecule has 3 heteroatoms. The van der Waals surface area contributed by atoms with Crippen molar-refractivity contribution in [1.29, 1.82) is 0 Å². The van der Waals surface area contributed by atoms with Gasteiger partial charge in [0.2, 0.25) is 0 Å². The van der Waals surface area contributed by atoms with E-state index in [1.165, 1.54) is 6.92 Å². The van der Waals surface area contributed by atoms with Gasteiger partial charge in [0.15, 0.2) is 11.9 Å². The van der Waals surface area contributed by atoms with Gasteiger partial charge in [0, 0.05) is 6.42 Å². The van der Waals surface area contributed by atoms with Crippen LogP contribution in [0.25, 0.3) is 0 Å². The molecule has 3 nitrogen and oxygen atoms in total. The fraction of sp³-hybridized carbons (Fsp3) is 0.429. The van der Waals surface area contributed by atoms with Crippen LogP contribution in [0.3, 0.4) is 0 Å². The third kappa shape index (κ3) is 4.81. The SMILES string of the molecule is CC(=O)CCc1ccc(OC(C)C(C)=O)cc1. The number of hydrogen-bond donors (Lipinski definition) is 0. The summed E-state index contributed by atoms with van der Waals surface area (Å²) >= 11 is 0. The molecule has 0 saturated carbocycles. The van der Waals surface area contributed by atoms with Crippen molar-refractivity contribution in [1.82, 2.24) is 0 Å². The summed E-state index contributed by atoms with van der Waals surface area (Å²) in [6, 6.07) is 7.50. The number of carbonyl (C=O) groups excluding carboxylic acids is 2. The highest BCUT2D eigenvalue weighted by molar-refractivity contribution is 5.80. The van der Waals surface area contributed by atoms with Crippen LogP contribution >= 0.6 is 0 Å². The van der Waals surface area contributed by atoms with E-state index in [1.807, 2.05) is 24.3 Å². The van der Waals surface area contributed by atoms with Crippen molar-refractivity contribution in [3.63, 3.8) is 0 Å². The number of rotatable bonds is 6. The molecule has 0 aromatic heterocycles. The van der Waals surface area contributed by atoms with Crippen molar-refractivity contribution in [2.24, 2.45) is 0 Å². The van der Waals surface area contributed by atoms with E-state index in [2.05, 4.69) is 0 Å². The molecule has 0 bridgehead atoms. The summed E-state index contributed by atoms with van der Waals surface area (Å²) in [5.74, 6) is 0.875. The third-order valence-electron chi connectivity index (χ3n) is 2.57. The fourth-order valence-electron chi connectivity index (χ4n) is 1.34. The first-order valence-electron chi connectivity index (χ1n) is 5.74. The topological polar surface area (TPSA) is 43.4 Å². The van der Waals surface area contributed by atoms with Crippen molar-refractivity contribution in [2.45, 2.75) is 39.7 Å². The number of benzene rings is 1. The molecule has 0 aliphatic heterocycles. The average Bonchev–Trinajstić information content (AvgIpc) is 2.28. The largest absolute Gasteiger partial charge is 0.483 e. The zero-order chi connectivity index (χ0) is 12.8. The molecule has 92 valence electrons. The Balaban J connectivity index is 2.55. The lowest BCUT2D eigenvalue weighted by Crippen LogP contribution is -2.20. The van der Waals surface area contributed by atoms with Crippen LogP contribution in [0, 0.1) is 0 Å². The summed E-state index contributed by atoms with van der Waals surface area (Å²) in [5, 5.41) is 0. The fourth-order valence-corrected chi connectivity index (χ4v) is 1.34. The maximum atomic E-state index is 11.0. The van der Waals surface area contributed by atoms with Gasteiger partial charge in [-0.05, 0) is 44.9 Å². The number of carbonyl (C=O) groups is 2. The summed E-state index contributed by atoms with van der Waals surface area (Å²) in [6.07, 6.45) is 0.889. The lowest BCUT2D eigenvalue weighted by molar-refractivity contribution is -0.123. The van der Waals surface area contributed by atoms with Crippen LogP contribution < -0.4 is 4.74 Å². The van der Waals surface area contributed by atoms with Crippen LogP contribution in [0.5, 0.6) is 5.75 Å². The van der Waals surface area contributed by atoms with Crippen LogP contribution in [0.4, 0.5) is 0 Å². The zero-order valence-corrected chi connectivity index (χ0v) is 10.5. The standard InChI is InChI=1S/C14H18O3/c1-10(15)4-5-13-6-8-14(9-7-13)17-12(3)11(2)16/h6-9,12H,4-5H2,1-3H3. The maximum Gasteiger partial charge on any atom is 0.169 e. The third-order valence-corrected chi connectivity index (χ3v) is 2.57. The van der Waals surface area contributed by atoms with Crippen molar-refractivity contribution in [3.8, 4) is 5.75 Å². The summed E-state index contributed by atoms with van der Waals surface area (Å²) in [5.41, 5.74) is 1.10. The van der Waals surface area contributed by atoms with Gasteiger partial charge in [0.25, 0.3) is 0 Å². The van der Waals surface area contributed by atoms with E-state index >= 15 is 0 Å². The van der Waals surface area contributed by atoms with Gasteiger partial charge in [-0.25, -0.2) is 0 Å². The Kier molecular flexibility index (Phi) is 4.88. The zero-order valence-electron chi connectivity index (χ0n) is 10.5. The van der Waals surface area contributed by atoms with E-state index in [0.717, 1.165) is 12.0 Å². The highest BCUT2D eigenvalue weighted by atomic mass is 16.5. The summed E-state index contributed by atoms with van der Waals surface area (Å²) in [4.78, 5) is 21.9. The minimum Gasteiger partial charge on any atom is -0.483 e. The van der Waals surface area contributed by atoms with Crippen molar-refractivity contribution in [3.05, 3.63) is 29.8 Å². The van der Waals surface area contributed by atoms with Crippen molar-refractivity contribution < 1.29 is 14.3 Å². The quantitative estimate of drug-likeness (QED) is 0.759. The van der Waals surface area contributed by atoms with Gasteiger partial charge in [-0.3, -0.25) is 4.79 Å². The molecule has 17 heavy (non-hydrogen) atoms. The second-order valence-corrected chi connectivity index (χ2v) is 4.22. The first-order chi connectivity index (χ1) is 7.99. The van der Waals surface area contributed by atoms with E-state index in [4.69, 9.17) is 4.74 Å². The molecule has 0 saturated heterocycles. The number of Topliss-reactive ketones (excluding diaryl/α,β-unsaturated/α-hetero) is 2. The van der Waals surface area contributed by atoms with E-state index < -0.39 is 6.10 Å². The Morgan fingerprint density at radius 2 is 1.76 bits per heavy atom. The van der Waals surface area contributed by atoms with Crippen LogP contribution in [0.1, 0.15) is 32.8 Å². The Morgan fingerprint density at radius 1 is 1.18 bits per heavy atom. The van der Waals surface area contributed by atoms with Crippen molar-refractivity contribution in [2.75, 3.05) is 0 Å². The molecule has 1 rings (SSSR count). The molecule has 1 atom stereocenters. The predicted molar refractivity (Wildman–Crippen MR) is 66.2 cm³/mol. The van der Waals surface area contributed by atoms with Crippen molar-refractivity contribution >= 4 is 11.6 Å². The molecule has 1 unspecified atom stereocenters. The number of hydrogen-bond acceptors (Lipinski definition) is 3. The van der Waals surface area contributed by atoms with Gasteiger partial charge in [-0.1, -0.05) is 12.1 Å². The van der Waals surface area contributed by atoms with Crippen LogP contribution in [-0.2, 0) is 16.0 Å². The molecule has 0 aliphatic carbocycles. The molecule has 0 spiro atoms. The van der Waals surface area contributed by atoms with Gasteiger partial charge < -0.3 is 9.53 Å². The molecular formula is C14H18O3. The van der Waals surface area contributed by atoms with E-state index in [9.17, 15) is 9.59 Å². The first-order valence-corrected chi connectivity index (χ1v) is 5.74. The number of aryl methyl sites for hydroxylation is 1. The number of ether oxygens (including phenoxy) is 1. The normalized spacial score (nSPS) is 11.9. The van der Waals surface area contributed by atoms with Crippen LogP contribution in [0.2, 0.25) is 0 Å². The highest BCUT2D eigenvalue weighted by Gasteiger charge is 2.08. The smallest absolute Gasteiger partial charge is 0.169 e. The van der Waals surface area contributed by atoms with E-state index in [-0.39, 0.29) is 11.6 Å². The van der Waals surface area contributed by atoms with Gasteiger partial charge in [-0.2, -0.15) is 0 Å². The molecular weight excluding hydrogens is 216 g/mol. The van der Waals surface area contributed by atoms with Crippen LogP contribution in [0.15, 0.2) is 24.3 Å². The molecule has 0 radical (unpaired) electrons. The van der Waals surface area contributed by atoms with Gasteiger partial charge in [-0.15, -0.1) is 0 Å². The average molecular weight is 234 g/mol. The lowest BCUT2D eigenvalue weighted by Gasteiger charge is -2.11. The second kappa shape index (κ2) is 6.18. The lowest BCUT2D eigenvalue weighted by atomic mass is 10.1. The Bertz CT molecular complexity index is 392. The maximum absolute atomic E-state index is 11.0. The molecule has 0 N–H and O–H groups in total. The molecule has 0 aliphatic rings. The Hall–Kier alpha value is -1.64. The van der Waals surface area contributed by atoms with Gasteiger partial charge in [0.1, 0.15) is 11.5 Å². The molecule has 1 aromatic rings. The second-order valence-electron chi connectivity index (χ2n) is 4.22.